The van der Waals surface area contributed by atoms with Gasteiger partial charge in [-0.1, -0.05) is 17.7 Å². The van der Waals surface area contributed by atoms with E-state index in [0.717, 1.165) is 69.2 Å². The summed E-state index contributed by atoms with van der Waals surface area (Å²) in [5, 5.41) is 7.72. The number of morpholine rings is 1. The van der Waals surface area contributed by atoms with Gasteiger partial charge in [0.1, 0.15) is 35.7 Å². The maximum atomic E-state index is 13.5. The van der Waals surface area contributed by atoms with Crippen LogP contribution in [0.3, 0.4) is 0 Å². The summed E-state index contributed by atoms with van der Waals surface area (Å²) in [5.41, 5.74) is 9.82. The summed E-state index contributed by atoms with van der Waals surface area (Å²) < 4.78 is 18.8. The highest BCUT2D eigenvalue weighted by molar-refractivity contribution is 7.18. The molecule has 13 nitrogen and oxygen atoms in total. The zero-order valence-corrected chi connectivity index (χ0v) is 26.2. The molecule has 0 radical (unpaired) electrons. The second-order valence-electron chi connectivity index (χ2n) is 11.1. The van der Waals surface area contributed by atoms with Crippen molar-refractivity contribution in [3.8, 4) is 5.75 Å². The molecule has 236 valence electrons. The van der Waals surface area contributed by atoms with Crippen LogP contribution in [0.25, 0.3) is 11.1 Å². The molecule has 0 aromatic carbocycles. The van der Waals surface area contributed by atoms with E-state index in [4.69, 9.17) is 31.5 Å². The molecule has 0 aliphatic carbocycles. The van der Waals surface area contributed by atoms with E-state index in [1.165, 1.54) is 24.8 Å². The highest BCUT2D eigenvalue weighted by Crippen LogP contribution is 2.36. The minimum Gasteiger partial charge on any atom is -0.490 e. The third-order valence-electron chi connectivity index (χ3n) is 8.17. The molecule has 3 aliphatic rings. The lowest BCUT2D eigenvalue weighted by molar-refractivity contribution is -0.133. The molecular weight excluding hydrogens is 608 g/mol. The molecule has 3 aliphatic heterocycles. The number of nitrogens with one attached hydrogen (secondary N) is 1. The maximum absolute atomic E-state index is 13.5. The number of nitrogens with zero attached hydrogens (tertiary/aromatic N) is 6. The summed E-state index contributed by atoms with van der Waals surface area (Å²) in [6, 6.07) is 3.67. The molecule has 0 unspecified atom stereocenters. The van der Waals surface area contributed by atoms with Crippen molar-refractivity contribution in [2.45, 2.75) is 18.9 Å². The number of amides is 2. The first-order valence-electron chi connectivity index (χ1n) is 14.8. The SMILES string of the molecule is COCC(=O)N1CC=C(c2cc(N3CCC[C@@H](NC(=O)c4sc(Cl)cc4OCCN4CCOCC4)C3)c3c(N)ncnn23)C1. The Morgan fingerprint density at radius 3 is 2.91 bits per heavy atom. The van der Waals surface area contributed by atoms with Gasteiger partial charge in [-0.05, 0) is 24.5 Å². The summed E-state index contributed by atoms with van der Waals surface area (Å²) in [5.74, 6) is 0.610. The minimum absolute atomic E-state index is 0.0387. The van der Waals surface area contributed by atoms with Gasteiger partial charge in [0.25, 0.3) is 5.91 Å². The first kappa shape index (κ1) is 30.6. The third-order valence-corrected chi connectivity index (χ3v) is 9.42. The molecule has 0 spiro atoms. The van der Waals surface area contributed by atoms with Crippen LogP contribution in [0.1, 0.15) is 28.2 Å². The fourth-order valence-electron chi connectivity index (χ4n) is 5.95. The van der Waals surface area contributed by atoms with E-state index in [9.17, 15) is 9.59 Å². The summed E-state index contributed by atoms with van der Waals surface area (Å²) in [7, 11) is 1.51. The van der Waals surface area contributed by atoms with Crippen LogP contribution in [0.4, 0.5) is 11.5 Å². The number of piperidine rings is 1. The van der Waals surface area contributed by atoms with Crippen molar-refractivity contribution in [3.05, 3.63) is 39.4 Å². The van der Waals surface area contributed by atoms with Crippen LogP contribution in [0.2, 0.25) is 4.34 Å². The van der Waals surface area contributed by atoms with Crippen molar-refractivity contribution in [2.75, 3.05) is 90.0 Å². The molecule has 1 atom stereocenters. The predicted octanol–water partition coefficient (Wildman–Crippen LogP) is 2.01. The molecule has 15 heteroatoms. The van der Waals surface area contributed by atoms with Crippen LogP contribution in [0.5, 0.6) is 5.75 Å². The van der Waals surface area contributed by atoms with E-state index >= 15 is 0 Å². The molecular formula is C29H37ClN8O5S. The van der Waals surface area contributed by atoms with E-state index < -0.39 is 0 Å². The lowest BCUT2D eigenvalue weighted by Crippen LogP contribution is -2.47. The zero-order chi connectivity index (χ0) is 30.6. The quantitative estimate of drug-likeness (QED) is 0.337. The monoisotopic (exact) mass is 644 g/mol. The van der Waals surface area contributed by atoms with Gasteiger partial charge in [0, 0.05) is 65.0 Å². The smallest absolute Gasteiger partial charge is 0.265 e. The molecule has 3 aromatic heterocycles. The number of aromatic nitrogens is 3. The Bertz CT molecular complexity index is 1540. The Hall–Kier alpha value is -3.43. The lowest BCUT2D eigenvalue weighted by atomic mass is 10.0. The van der Waals surface area contributed by atoms with Crippen LogP contribution >= 0.6 is 22.9 Å². The van der Waals surface area contributed by atoms with Gasteiger partial charge >= 0.3 is 0 Å². The van der Waals surface area contributed by atoms with Gasteiger partial charge in [-0.2, -0.15) is 5.10 Å². The molecule has 3 aromatic rings. The maximum Gasteiger partial charge on any atom is 0.265 e. The van der Waals surface area contributed by atoms with Crippen LogP contribution in [-0.4, -0.2) is 122 Å². The van der Waals surface area contributed by atoms with Gasteiger partial charge in [0.2, 0.25) is 5.91 Å². The second-order valence-corrected chi connectivity index (χ2v) is 12.7. The van der Waals surface area contributed by atoms with Gasteiger partial charge in [-0.25, -0.2) is 9.50 Å². The Morgan fingerprint density at radius 2 is 2.09 bits per heavy atom. The number of methoxy groups -OCH3 is 1. The van der Waals surface area contributed by atoms with E-state index in [2.05, 4.69) is 31.3 Å². The number of hydrogen-bond acceptors (Lipinski definition) is 11. The van der Waals surface area contributed by atoms with Gasteiger partial charge in [-0.3, -0.25) is 14.5 Å². The Morgan fingerprint density at radius 1 is 1.25 bits per heavy atom. The normalized spacial score (nSPS) is 19.4. The van der Waals surface area contributed by atoms with Crippen molar-refractivity contribution in [1.82, 2.24) is 29.7 Å². The zero-order valence-electron chi connectivity index (χ0n) is 24.7. The topological polar surface area (TPSA) is 140 Å². The number of thiophene rings is 1. The Labute approximate surface area is 264 Å². The number of rotatable bonds is 10. The fraction of sp³-hybridized carbons (Fsp3) is 0.517. The number of halogens is 1. The standard InChI is InChI=1S/C29H37ClN8O5S/c1-41-17-25(39)37-6-4-19(15-37)21-13-22(26-28(31)32-18-33-38(21)26)36-5-2-3-20(16-36)34-29(40)27-23(14-24(30)44-27)43-12-9-35-7-10-42-11-8-35/h4,13-14,18,20H,2-3,5-12,15-17H2,1H3,(H,34,40)(H2,31,32,33)/t20-/m1/s1. The van der Waals surface area contributed by atoms with E-state index in [-0.39, 0.29) is 24.5 Å². The van der Waals surface area contributed by atoms with Crippen molar-refractivity contribution in [2.24, 2.45) is 0 Å². The average Bonchev–Trinajstić information content (AvgIpc) is 3.76. The highest BCUT2D eigenvalue weighted by atomic mass is 35.5. The molecule has 2 amide bonds. The number of fused-ring (bicyclic) bond motifs is 1. The fourth-order valence-corrected chi connectivity index (χ4v) is 7.01. The largest absolute Gasteiger partial charge is 0.490 e. The Kier molecular flexibility index (Phi) is 9.52. The van der Waals surface area contributed by atoms with Crippen LogP contribution < -0.4 is 20.7 Å². The van der Waals surface area contributed by atoms with Crippen LogP contribution in [-0.2, 0) is 14.3 Å². The Balaban J connectivity index is 1.14. The van der Waals surface area contributed by atoms with Gasteiger partial charge in [0.15, 0.2) is 5.82 Å². The number of carbonyl (C=O) groups excluding carboxylic acids is 2. The summed E-state index contributed by atoms with van der Waals surface area (Å²) in [6.45, 7) is 6.80. The van der Waals surface area contributed by atoms with Crippen molar-refractivity contribution >= 4 is 57.3 Å². The first-order valence-corrected chi connectivity index (χ1v) is 16.0. The highest BCUT2D eigenvalue weighted by Gasteiger charge is 2.29. The van der Waals surface area contributed by atoms with Crippen LogP contribution in [0.15, 0.2) is 24.5 Å². The minimum atomic E-state index is -0.197. The van der Waals surface area contributed by atoms with Crippen molar-refractivity contribution in [1.29, 1.82) is 0 Å². The summed E-state index contributed by atoms with van der Waals surface area (Å²) in [4.78, 5) is 36.8. The summed E-state index contributed by atoms with van der Waals surface area (Å²) >= 11 is 7.54. The van der Waals surface area contributed by atoms with E-state index in [1.54, 1.807) is 15.5 Å². The average molecular weight is 645 g/mol. The number of nitrogens with two attached hydrogens (primary N) is 1. The molecule has 0 bridgehead atoms. The summed E-state index contributed by atoms with van der Waals surface area (Å²) in [6.07, 6.45) is 5.18. The van der Waals surface area contributed by atoms with E-state index in [1.807, 2.05) is 6.08 Å². The number of nitrogen functional groups attached to an aromatic ring is 1. The first-order chi connectivity index (χ1) is 21.4. The number of anilines is 2. The number of hydrogen-bond donors (Lipinski definition) is 2. The molecule has 6 heterocycles. The molecule has 44 heavy (non-hydrogen) atoms. The predicted molar refractivity (Wildman–Crippen MR) is 169 cm³/mol. The third kappa shape index (κ3) is 6.64. The molecule has 0 saturated carbocycles. The number of carbonyl (C=O) groups is 2. The molecule has 6 rings (SSSR count). The van der Waals surface area contributed by atoms with Gasteiger partial charge in [-0.15, -0.1) is 11.3 Å². The molecule has 2 saturated heterocycles. The second kappa shape index (κ2) is 13.7. The number of ether oxygens (including phenoxy) is 3. The van der Waals surface area contributed by atoms with Crippen molar-refractivity contribution in [3.63, 3.8) is 0 Å². The lowest BCUT2D eigenvalue weighted by Gasteiger charge is -2.34. The van der Waals surface area contributed by atoms with Crippen LogP contribution in [0, 0.1) is 0 Å². The van der Waals surface area contributed by atoms with Gasteiger partial charge < -0.3 is 35.1 Å². The molecule has 2 fully saturated rings. The van der Waals surface area contributed by atoms with Crippen molar-refractivity contribution < 1.29 is 23.8 Å². The molecule has 3 N–H and O–H groups in total. The van der Waals surface area contributed by atoms with Gasteiger partial charge in [0.05, 0.1) is 28.9 Å². The van der Waals surface area contributed by atoms with E-state index in [0.29, 0.717) is 52.5 Å².